The lowest BCUT2D eigenvalue weighted by atomic mass is 10.0. The van der Waals surface area contributed by atoms with Crippen molar-refractivity contribution in [2.45, 2.75) is 44.7 Å². The lowest BCUT2D eigenvalue weighted by Gasteiger charge is -2.24. The zero-order valence-electron chi connectivity index (χ0n) is 14.8. The second kappa shape index (κ2) is 7.96. The first-order valence-electron chi connectivity index (χ1n) is 8.27. The quantitative estimate of drug-likeness (QED) is 0.586. The van der Waals surface area contributed by atoms with Gasteiger partial charge < -0.3 is 15.4 Å². The fraction of sp³-hybridized carbons (Fsp3) is 0.421. The Morgan fingerprint density at radius 1 is 1.20 bits per heavy atom. The normalized spacial score (nSPS) is 14.2. The van der Waals surface area contributed by atoms with Crippen LogP contribution in [0.1, 0.15) is 49.0 Å². The number of hydrogen-bond donors (Lipinski definition) is 2. The molecule has 0 bridgehead atoms. The molecule has 0 aromatic heterocycles. The summed E-state index contributed by atoms with van der Waals surface area (Å²) in [6, 6.07) is 7.35. The number of nitrogens with one attached hydrogen (secondary N) is 2. The van der Waals surface area contributed by atoms with Gasteiger partial charge in [-0.3, -0.25) is 14.4 Å². The van der Waals surface area contributed by atoms with Crippen molar-refractivity contribution in [1.29, 1.82) is 0 Å². The van der Waals surface area contributed by atoms with Crippen molar-refractivity contribution >= 4 is 23.9 Å². The SMILES string of the molecule is COC(=O)CC(C)(C)NC(=O)/C=C/c1ccc(C(=O)NC2CC2)cc1. The molecule has 1 saturated carbocycles. The van der Waals surface area contributed by atoms with Gasteiger partial charge in [0.15, 0.2) is 0 Å². The van der Waals surface area contributed by atoms with Crippen molar-refractivity contribution in [2.24, 2.45) is 0 Å². The van der Waals surface area contributed by atoms with E-state index in [0.29, 0.717) is 11.6 Å². The molecule has 1 aliphatic carbocycles. The van der Waals surface area contributed by atoms with E-state index in [9.17, 15) is 14.4 Å². The van der Waals surface area contributed by atoms with Crippen LogP contribution in [0.4, 0.5) is 0 Å². The Balaban J connectivity index is 1.88. The number of ether oxygens (including phenoxy) is 1. The summed E-state index contributed by atoms with van der Waals surface area (Å²) in [4.78, 5) is 35.2. The van der Waals surface area contributed by atoms with Crippen molar-refractivity contribution < 1.29 is 19.1 Å². The fourth-order valence-corrected chi connectivity index (χ4v) is 2.27. The molecule has 6 heteroatoms. The summed E-state index contributed by atoms with van der Waals surface area (Å²) in [5.41, 5.74) is 0.718. The minimum Gasteiger partial charge on any atom is -0.469 e. The van der Waals surface area contributed by atoms with Gasteiger partial charge in [0, 0.05) is 23.2 Å². The van der Waals surface area contributed by atoms with Crippen molar-refractivity contribution in [3.8, 4) is 0 Å². The highest BCUT2D eigenvalue weighted by molar-refractivity contribution is 5.95. The Bertz CT molecular complexity index is 673. The number of amides is 2. The van der Waals surface area contributed by atoms with E-state index in [1.165, 1.54) is 13.2 Å². The molecule has 1 aromatic carbocycles. The van der Waals surface area contributed by atoms with E-state index >= 15 is 0 Å². The summed E-state index contributed by atoms with van der Waals surface area (Å²) >= 11 is 0. The first-order chi connectivity index (χ1) is 11.8. The van der Waals surface area contributed by atoms with E-state index in [-0.39, 0.29) is 24.2 Å². The van der Waals surface area contributed by atoms with Gasteiger partial charge in [-0.1, -0.05) is 12.1 Å². The maximum atomic E-state index is 12.0. The van der Waals surface area contributed by atoms with Crippen LogP contribution >= 0.6 is 0 Å². The molecule has 6 nitrogen and oxygen atoms in total. The average Bonchev–Trinajstić information content (AvgIpc) is 3.36. The Kier molecular flexibility index (Phi) is 5.96. The van der Waals surface area contributed by atoms with Crippen LogP contribution in [0, 0.1) is 0 Å². The summed E-state index contributed by atoms with van der Waals surface area (Å²) in [5, 5.41) is 5.69. The molecule has 0 spiro atoms. The second-order valence-corrected chi connectivity index (χ2v) is 6.83. The summed E-state index contributed by atoms with van der Waals surface area (Å²) in [6.45, 7) is 3.51. The molecule has 2 rings (SSSR count). The van der Waals surface area contributed by atoms with Gasteiger partial charge in [-0.05, 0) is 50.5 Å². The molecule has 2 amide bonds. The minimum absolute atomic E-state index is 0.0691. The van der Waals surface area contributed by atoms with E-state index in [0.717, 1.165) is 18.4 Å². The summed E-state index contributed by atoms with van der Waals surface area (Å²) < 4.78 is 4.61. The molecule has 0 saturated heterocycles. The maximum absolute atomic E-state index is 12.0. The zero-order chi connectivity index (χ0) is 18.4. The summed E-state index contributed by atoms with van der Waals surface area (Å²) in [7, 11) is 1.31. The number of methoxy groups -OCH3 is 1. The standard InChI is InChI=1S/C19H24N2O4/c1-19(2,12-17(23)25-3)21-16(22)11-6-13-4-7-14(8-5-13)18(24)20-15-9-10-15/h4-8,11,15H,9-10,12H2,1-3H3,(H,20,24)(H,21,22)/b11-6+. The number of rotatable bonds is 7. The van der Waals surface area contributed by atoms with Crippen LogP contribution in [-0.2, 0) is 14.3 Å². The van der Waals surface area contributed by atoms with Crippen molar-refractivity contribution in [3.63, 3.8) is 0 Å². The van der Waals surface area contributed by atoms with Gasteiger partial charge in [0.2, 0.25) is 5.91 Å². The molecule has 0 unspecified atom stereocenters. The highest BCUT2D eigenvalue weighted by Crippen LogP contribution is 2.19. The first kappa shape index (κ1) is 18.7. The Morgan fingerprint density at radius 3 is 2.40 bits per heavy atom. The van der Waals surface area contributed by atoms with Gasteiger partial charge in [0.1, 0.15) is 0 Å². The van der Waals surface area contributed by atoms with Crippen LogP contribution in [-0.4, -0.2) is 36.5 Å². The molecule has 0 aliphatic heterocycles. The van der Waals surface area contributed by atoms with Crippen LogP contribution in [0.15, 0.2) is 30.3 Å². The minimum atomic E-state index is -0.695. The predicted molar refractivity (Wildman–Crippen MR) is 94.8 cm³/mol. The van der Waals surface area contributed by atoms with Crippen LogP contribution in [0.2, 0.25) is 0 Å². The van der Waals surface area contributed by atoms with E-state index in [2.05, 4.69) is 15.4 Å². The molecule has 1 aliphatic rings. The van der Waals surface area contributed by atoms with Crippen LogP contribution in [0.5, 0.6) is 0 Å². The van der Waals surface area contributed by atoms with Gasteiger partial charge in [-0.2, -0.15) is 0 Å². The number of esters is 1. The molecule has 25 heavy (non-hydrogen) atoms. The molecular formula is C19H24N2O4. The topological polar surface area (TPSA) is 84.5 Å². The van der Waals surface area contributed by atoms with Gasteiger partial charge in [-0.25, -0.2) is 0 Å². The molecular weight excluding hydrogens is 320 g/mol. The largest absolute Gasteiger partial charge is 0.469 e. The molecule has 1 aromatic rings. The van der Waals surface area contributed by atoms with E-state index in [1.807, 2.05) is 0 Å². The highest BCUT2D eigenvalue weighted by Gasteiger charge is 2.24. The maximum Gasteiger partial charge on any atom is 0.307 e. The number of carbonyl (C=O) groups excluding carboxylic acids is 3. The first-order valence-corrected chi connectivity index (χ1v) is 8.27. The van der Waals surface area contributed by atoms with Crippen LogP contribution in [0.25, 0.3) is 6.08 Å². The molecule has 0 radical (unpaired) electrons. The lowest BCUT2D eigenvalue weighted by Crippen LogP contribution is -2.44. The molecule has 1 fully saturated rings. The lowest BCUT2D eigenvalue weighted by molar-refractivity contribution is -0.142. The van der Waals surface area contributed by atoms with Crippen LogP contribution in [0.3, 0.4) is 0 Å². The smallest absolute Gasteiger partial charge is 0.307 e. The summed E-state index contributed by atoms with van der Waals surface area (Å²) in [6.07, 6.45) is 5.25. The third kappa shape index (κ3) is 6.41. The Hall–Kier alpha value is -2.63. The monoisotopic (exact) mass is 344 g/mol. The number of hydrogen-bond acceptors (Lipinski definition) is 4. The van der Waals surface area contributed by atoms with Gasteiger partial charge >= 0.3 is 5.97 Å². The molecule has 2 N–H and O–H groups in total. The fourth-order valence-electron chi connectivity index (χ4n) is 2.27. The van der Waals surface area contributed by atoms with Crippen molar-refractivity contribution in [2.75, 3.05) is 7.11 Å². The van der Waals surface area contributed by atoms with Crippen LogP contribution < -0.4 is 10.6 Å². The van der Waals surface area contributed by atoms with Gasteiger partial charge in [0.05, 0.1) is 13.5 Å². The van der Waals surface area contributed by atoms with E-state index < -0.39 is 5.54 Å². The molecule has 134 valence electrons. The van der Waals surface area contributed by atoms with Crippen molar-refractivity contribution in [3.05, 3.63) is 41.5 Å². The third-order valence-electron chi connectivity index (χ3n) is 3.79. The Labute approximate surface area is 147 Å². The number of carbonyl (C=O) groups is 3. The van der Waals surface area contributed by atoms with Crippen molar-refractivity contribution in [1.82, 2.24) is 10.6 Å². The Morgan fingerprint density at radius 2 is 1.84 bits per heavy atom. The zero-order valence-corrected chi connectivity index (χ0v) is 14.8. The van der Waals surface area contributed by atoms with Gasteiger partial charge in [0.25, 0.3) is 5.91 Å². The summed E-state index contributed by atoms with van der Waals surface area (Å²) in [5.74, 6) is -0.751. The second-order valence-electron chi connectivity index (χ2n) is 6.83. The predicted octanol–water partition coefficient (Wildman–Crippen LogP) is 2.05. The van der Waals surface area contributed by atoms with E-state index in [1.54, 1.807) is 44.2 Å². The molecule has 0 atom stereocenters. The van der Waals surface area contributed by atoms with E-state index in [4.69, 9.17) is 0 Å². The van der Waals surface area contributed by atoms with Gasteiger partial charge in [-0.15, -0.1) is 0 Å². The number of benzene rings is 1. The third-order valence-corrected chi connectivity index (χ3v) is 3.79. The average molecular weight is 344 g/mol. The highest BCUT2D eigenvalue weighted by atomic mass is 16.5. The molecule has 0 heterocycles.